The molecule has 0 radical (unpaired) electrons. The van der Waals surface area contributed by atoms with Crippen LogP contribution in [0.15, 0.2) is 12.1 Å². The molecule has 0 aliphatic rings. The van der Waals surface area contributed by atoms with Crippen LogP contribution in [0.2, 0.25) is 5.02 Å². The maximum atomic E-state index is 5.83. The normalized spacial score (nSPS) is 8.69. The Morgan fingerprint density at radius 3 is 2.23 bits per heavy atom. The fraction of sp³-hybridized carbons (Fsp3) is 0.400. The summed E-state index contributed by atoms with van der Waals surface area (Å²) in [7, 11) is 1.85. The summed E-state index contributed by atoms with van der Waals surface area (Å²) < 4.78 is 0. The molecule has 2 nitrogen and oxygen atoms in total. The van der Waals surface area contributed by atoms with Gasteiger partial charge in [-0.05, 0) is 24.6 Å². The minimum absolute atomic E-state index is 0.606. The molecule has 0 fully saturated rings. The van der Waals surface area contributed by atoms with Crippen LogP contribution < -0.4 is 11.1 Å². The summed E-state index contributed by atoms with van der Waals surface area (Å²) in [5, 5.41) is 3.60. The predicted molar refractivity (Wildman–Crippen MR) is 61.5 cm³/mol. The SMILES string of the molecule is CC.CNc1cc(C)c(N)c(Cl)c1. The lowest BCUT2D eigenvalue weighted by Crippen LogP contribution is -1.94. The molecule has 0 aliphatic carbocycles. The molecule has 13 heavy (non-hydrogen) atoms. The van der Waals surface area contributed by atoms with Crippen molar-refractivity contribution in [2.45, 2.75) is 20.8 Å². The van der Waals surface area contributed by atoms with Gasteiger partial charge in [0.1, 0.15) is 0 Å². The van der Waals surface area contributed by atoms with Crippen molar-refractivity contribution in [3.05, 3.63) is 22.7 Å². The van der Waals surface area contributed by atoms with Crippen LogP contribution in [0.5, 0.6) is 0 Å². The Kier molecular flexibility index (Phi) is 5.31. The number of nitrogens with one attached hydrogen (secondary N) is 1. The molecule has 0 aromatic heterocycles. The van der Waals surface area contributed by atoms with Gasteiger partial charge in [-0.25, -0.2) is 0 Å². The molecule has 74 valence electrons. The van der Waals surface area contributed by atoms with Gasteiger partial charge in [0.05, 0.1) is 10.7 Å². The third-order valence-electron chi connectivity index (χ3n) is 1.63. The molecule has 3 N–H and O–H groups in total. The van der Waals surface area contributed by atoms with Crippen molar-refractivity contribution in [2.75, 3.05) is 18.1 Å². The third-order valence-corrected chi connectivity index (χ3v) is 1.94. The van der Waals surface area contributed by atoms with Crippen LogP contribution in [0, 0.1) is 6.92 Å². The maximum Gasteiger partial charge on any atom is 0.0658 e. The van der Waals surface area contributed by atoms with E-state index in [4.69, 9.17) is 17.3 Å². The number of halogens is 1. The van der Waals surface area contributed by atoms with Gasteiger partial charge in [-0.1, -0.05) is 25.4 Å². The topological polar surface area (TPSA) is 38.0 Å². The van der Waals surface area contributed by atoms with E-state index in [0.29, 0.717) is 10.7 Å². The van der Waals surface area contributed by atoms with Crippen molar-refractivity contribution in [1.82, 2.24) is 0 Å². The summed E-state index contributed by atoms with van der Waals surface area (Å²) in [4.78, 5) is 0. The first-order chi connectivity index (χ1) is 6.15. The zero-order chi connectivity index (χ0) is 10.4. The average molecular weight is 201 g/mol. The molecule has 0 heterocycles. The van der Waals surface area contributed by atoms with Gasteiger partial charge in [0.25, 0.3) is 0 Å². The van der Waals surface area contributed by atoms with E-state index < -0.39 is 0 Å². The van der Waals surface area contributed by atoms with Crippen LogP contribution in [-0.2, 0) is 0 Å². The molecule has 0 saturated carbocycles. The van der Waals surface area contributed by atoms with Crippen LogP contribution >= 0.6 is 11.6 Å². The molecule has 3 heteroatoms. The van der Waals surface area contributed by atoms with Gasteiger partial charge in [0.15, 0.2) is 0 Å². The maximum absolute atomic E-state index is 5.83. The van der Waals surface area contributed by atoms with E-state index in [-0.39, 0.29) is 0 Å². The highest BCUT2D eigenvalue weighted by Gasteiger charge is 2.00. The van der Waals surface area contributed by atoms with Gasteiger partial charge in [0.2, 0.25) is 0 Å². The van der Waals surface area contributed by atoms with Crippen LogP contribution in [0.25, 0.3) is 0 Å². The number of nitrogens with two attached hydrogens (primary N) is 1. The number of benzene rings is 1. The second kappa shape index (κ2) is 5.70. The van der Waals surface area contributed by atoms with Crippen molar-refractivity contribution in [3.8, 4) is 0 Å². The molecule has 0 spiro atoms. The van der Waals surface area contributed by atoms with E-state index in [1.54, 1.807) is 0 Å². The van der Waals surface area contributed by atoms with Crippen LogP contribution in [0.1, 0.15) is 19.4 Å². The minimum Gasteiger partial charge on any atom is -0.397 e. The first kappa shape index (κ1) is 12.1. The fourth-order valence-electron chi connectivity index (χ4n) is 0.900. The second-order valence-corrected chi connectivity index (χ2v) is 2.85. The van der Waals surface area contributed by atoms with Gasteiger partial charge >= 0.3 is 0 Å². The standard InChI is InChI=1S/C8H11ClN2.C2H6/c1-5-3-6(11-2)4-7(9)8(5)10;1-2/h3-4,11H,10H2,1-2H3;1-2H3. The average Bonchev–Trinajstić information content (AvgIpc) is 2.16. The predicted octanol–water partition coefficient (Wildman–Crippen LogP) is 3.30. The Labute approximate surface area is 85.1 Å². The van der Waals surface area contributed by atoms with E-state index in [1.165, 1.54) is 0 Å². The number of anilines is 2. The van der Waals surface area contributed by atoms with E-state index in [9.17, 15) is 0 Å². The number of hydrogen-bond donors (Lipinski definition) is 2. The molecular weight excluding hydrogens is 184 g/mol. The van der Waals surface area contributed by atoms with Crippen LogP contribution in [0.3, 0.4) is 0 Å². The Hall–Kier alpha value is -0.890. The number of hydrogen-bond acceptors (Lipinski definition) is 2. The quantitative estimate of drug-likeness (QED) is 0.683. The molecule has 0 amide bonds. The lowest BCUT2D eigenvalue weighted by molar-refractivity contribution is 1.43. The van der Waals surface area contributed by atoms with Crippen molar-refractivity contribution in [1.29, 1.82) is 0 Å². The molecule has 0 atom stereocenters. The molecule has 1 aromatic rings. The van der Waals surface area contributed by atoms with E-state index in [0.717, 1.165) is 11.3 Å². The summed E-state index contributed by atoms with van der Waals surface area (Å²) in [5.74, 6) is 0. The second-order valence-electron chi connectivity index (χ2n) is 2.44. The zero-order valence-corrected chi connectivity index (χ0v) is 9.37. The Bertz CT molecular complexity index is 249. The van der Waals surface area contributed by atoms with Gasteiger partial charge in [0, 0.05) is 12.7 Å². The minimum atomic E-state index is 0.606. The van der Waals surface area contributed by atoms with Crippen LogP contribution in [0.4, 0.5) is 11.4 Å². The van der Waals surface area contributed by atoms with Crippen molar-refractivity contribution >= 4 is 23.0 Å². The highest BCUT2D eigenvalue weighted by molar-refractivity contribution is 6.33. The first-order valence-corrected chi connectivity index (χ1v) is 4.76. The molecule has 0 saturated heterocycles. The van der Waals surface area contributed by atoms with Gasteiger partial charge in [-0.3, -0.25) is 0 Å². The van der Waals surface area contributed by atoms with Crippen molar-refractivity contribution < 1.29 is 0 Å². The van der Waals surface area contributed by atoms with Crippen molar-refractivity contribution in [2.24, 2.45) is 0 Å². The molecule has 1 aromatic carbocycles. The number of rotatable bonds is 1. The van der Waals surface area contributed by atoms with Crippen molar-refractivity contribution in [3.63, 3.8) is 0 Å². The highest BCUT2D eigenvalue weighted by Crippen LogP contribution is 2.26. The Morgan fingerprint density at radius 1 is 1.31 bits per heavy atom. The van der Waals surface area contributed by atoms with E-state index in [1.807, 2.05) is 40.0 Å². The summed E-state index contributed by atoms with van der Waals surface area (Å²) in [6.45, 7) is 5.93. The largest absolute Gasteiger partial charge is 0.397 e. The Balaban J connectivity index is 0.000000671. The van der Waals surface area contributed by atoms with Gasteiger partial charge in [-0.2, -0.15) is 0 Å². The first-order valence-electron chi connectivity index (χ1n) is 4.38. The fourth-order valence-corrected chi connectivity index (χ4v) is 1.17. The third kappa shape index (κ3) is 3.15. The summed E-state index contributed by atoms with van der Waals surface area (Å²) >= 11 is 5.83. The summed E-state index contributed by atoms with van der Waals surface area (Å²) in [5.41, 5.74) is 8.29. The molecular formula is C10H17ClN2. The van der Waals surface area contributed by atoms with Crippen LogP contribution in [-0.4, -0.2) is 7.05 Å². The number of nitrogen functional groups attached to an aromatic ring is 1. The molecule has 0 bridgehead atoms. The summed E-state index contributed by atoms with van der Waals surface area (Å²) in [6, 6.07) is 3.77. The van der Waals surface area contributed by atoms with E-state index >= 15 is 0 Å². The Morgan fingerprint density at radius 2 is 1.85 bits per heavy atom. The highest BCUT2D eigenvalue weighted by atomic mass is 35.5. The molecule has 0 unspecified atom stereocenters. The zero-order valence-electron chi connectivity index (χ0n) is 8.61. The number of aryl methyl sites for hydroxylation is 1. The molecule has 0 aliphatic heterocycles. The smallest absolute Gasteiger partial charge is 0.0658 e. The van der Waals surface area contributed by atoms with Gasteiger partial charge < -0.3 is 11.1 Å². The lowest BCUT2D eigenvalue weighted by atomic mass is 10.2. The molecule has 1 rings (SSSR count). The lowest BCUT2D eigenvalue weighted by Gasteiger charge is -2.06. The van der Waals surface area contributed by atoms with Gasteiger partial charge in [-0.15, -0.1) is 0 Å². The summed E-state index contributed by atoms with van der Waals surface area (Å²) in [6.07, 6.45) is 0. The monoisotopic (exact) mass is 200 g/mol. The van der Waals surface area contributed by atoms with E-state index in [2.05, 4.69) is 5.32 Å².